The van der Waals surface area contributed by atoms with E-state index in [1.807, 2.05) is 6.92 Å². The zero-order chi connectivity index (χ0) is 13.6. The van der Waals surface area contributed by atoms with Crippen LogP contribution in [0, 0.1) is 12.8 Å². The number of benzene rings is 1. The predicted molar refractivity (Wildman–Crippen MR) is 74.3 cm³/mol. The second-order valence-corrected chi connectivity index (χ2v) is 5.31. The standard InChI is InChI=1S/C14H17N3O2/c1-8-6-12-11(7-10(8)15)16-14(19)17(12)13(18)9-4-2-3-5-9/h6-7,9H,2-5,15H2,1H3,(H,16,19). The number of fused-ring (bicyclic) bond motifs is 1. The summed E-state index contributed by atoms with van der Waals surface area (Å²) in [6.45, 7) is 1.87. The molecule has 0 saturated heterocycles. The Bertz CT molecular complexity index is 705. The first-order chi connectivity index (χ1) is 9.08. The molecular formula is C14H17N3O2. The summed E-state index contributed by atoms with van der Waals surface area (Å²) in [5.74, 6) is -0.104. The van der Waals surface area contributed by atoms with Gasteiger partial charge in [-0.1, -0.05) is 12.8 Å². The highest BCUT2D eigenvalue weighted by Crippen LogP contribution is 2.27. The summed E-state index contributed by atoms with van der Waals surface area (Å²) >= 11 is 0. The number of nitrogens with zero attached hydrogens (tertiary/aromatic N) is 1. The third kappa shape index (κ3) is 1.85. The van der Waals surface area contributed by atoms with Gasteiger partial charge in [-0.25, -0.2) is 9.36 Å². The molecule has 1 fully saturated rings. The zero-order valence-corrected chi connectivity index (χ0v) is 10.9. The lowest BCUT2D eigenvalue weighted by Crippen LogP contribution is -2.28. The molecule has 19 heavy (non-hydrogen) atoms. The van der Waals surface area contributed by atoms with Crippen molar-refractivity contribution < 1.29 is 4.79 Å². The molecule has 5 nitrogen and oxygen atoms in total. The molecule has 1 saturated carbocycles. The highest BCUT2D eigenvalue weighted by Gasteiger charge is 2.26. The first-order valence-electron chi connectivity index (χ1n) is 6.63. The molecule has 0 unspecified atom stereocenters. The Morgan fingerprint density at radius 2 is 2.05 bits per heavy atom. The molecule has 0 amide bonds. The van der Waals surface area contributed by atoms with Crippen molar-refractivity contribution in [2.45, 2.75) is 32.6 Å². The number of anilines is 1. The van der Waals surface area contributed by atoms with Crippen molar-refractivity contribution >= 4 is 22.6 Å². The molecule has 100 valence electrons. The average molecular weight is 259 g/mol. The van der Waals surface area contributed by atoms with Crippen LogP contribution in [-0.4, -0.2) is 15.5 Å². The summed E-state index contributed by atoms with van der Waals surface area (Å²) in [5.41, 5.74) is 8.21. The molecule has 3 N–H and O–H groups in total. The summed E-state index contributed by atoms with van der Waals surface area (Å²) in [4.78, 5) is 27.2. The van der Waals surface area contributed by atoms with E-state index in [4.69, 9.17) is 5.73 Å². The lowest BCUT2D eigenvalue weighted by Gasteiger charge is -2.09. The highest BCUT2D eigenvalue weighted by molar-refractivity contribution is 5.93. The van der Waals surface area contributed by atoms with Gasteiger partial charge in [0.2, 0.25) is 5.91 Å². The van der Waals surface area contributed by atoms with Gasteiger partial charge in [-0.15, -0.1) is 0 Å². The van der Waals surface area contributed by atoms with Gasteiger partial charge in [0.05, 0.1) is 11.0 Å². The molecule has 0 atom stereocenters. The Morgan fingerprint density at radius 3 is 2.74 bits per heavy atom. The largest absolute Gasteiger partial charge is 0.398 e. The Hall–Kier alpha value is -2.04. The number of aryl methyl sites for hydroxylation is 1. The minimum atomic E-state index is -0.364. The van der Waals surface area contributed by atoms with E-state index in [2.05, 4.69) is 4.98 Å². The molecule has 1 aliphatic carbocycles. The normalized spacial score (nSPS) is 16.3. The lowest BCUT2D eigenvalue weighted by atomic mass is 10.1. The quantitative estimate of drug-likeness (QED) is 0.769. The molecule has 0 spiro atoms. The highest BCUT2D eigenvalue weighted by atomic mass is 16.2. The minimum Gasteiger partial charge on any atom is -0.398 e. The number of imidazole rings is 1. The summed E-state index contributed by atoms with van der Waals surface area (Å²) in [6.07, 6.45) is 3.90. The summed E-state index contributed by atoms with van der Waals surface area (Å²) in [7, 11) is 0. The fourth-order valence-electron chi connectivity index (χ4n) is 2.85. The van der Waals surface area contributed by atoms with E-state index in [9.17, 15) is 9.59 Å². The van der Waals surface area contributed by atoms with Gasteiger partial charge in [-0.05, 0) is 37.5 Å². The number of hydrogen-bond donors (Lipinski definition) is 2. The molecule has 2 aromatic rings. The van der Waals surface area contributed by atoms with E-state index in [-0.39, 0.29) is 17.5 Å². The minimum absolute atomic E-state index is 0.0189. The van der Waals surface area contributed by atoms with Crippen molar-refractivity contribution in [1.29, 1.82) is 0 Å². The SMILES string of the molecule is Cc1cc2c(cc1N)[nH]c(=O)n2C(=O)C1CCCC1. The number of aromatic amines is 1. The summed E-state index contributed by atoms with van der Waals surface area (Å²) < 4.78 is 1.28. The molecule has 3 rings (SSSR count). The third-order valence-electron chi connectivity index (χ3n) is 3.99. The van der Waals surface area contributed by atoms with Crippen LogP contribution in [0.5, 0.6) is 0 Å². The first-order valence-corrected chi connectivity index (χ1v) is 6.63. The van der Waals surface area contributed by atoms with Crippen LogP contribution in [0.2, 0.25) is 0 Å². The van der Waals surface area contributed by atoms with E-state index in [0.29, 0.717) is 16.7 Å². The zero-order valence-electron chi connectivity index (χ0n) is 10.9. The predicted octanol–water partition coefficient (Wildman–Crippen LogP) is 2.05. The number of nitrogen functional groups attached to an aromatic ring is 1. The Kier molecular flexibility index (Phi) is 2.69. The van der Waals surface area contributed by atoms with Crippen molar-refractivity contribution in [3.8, 4) is 0 Å². The van der Waals surface area contributed by atoms with Gasteiger partial charge < -0.3 is 10.7 Å². The number of rotatable bonds is 1. The van der Waals surface area contributed by atoms with Gasteiger partial charge in [0, 0.05) is 11.6 Å². The molecule has 1 aromatic carbocycles. The number of nitrogens with two attached hydrogens (primary N) is 1. The van der Waals surface area contributed by atoms with Crippen LogP contribution in [-0.2, 0) is 0 Å². The van der Waals surface area contributed by atoms with Crippen molar-refractivity contribution in [1.82, 2.24) is 9.55 Å². The maximum absolute atomic E-state index is 12.5. The summed E-state index contributed by atoms with van der Waals surface area (Å²) in [5, 5.41) is 0. The van der Waals surface area contributed by atoms with Crippen molar-refractivity contribution in [3.63, 3.8) is 0 Å². The smallest absolute Gasteiger partial charge is 0.333 e. The third-order valence-corrected chi connectivity index (χ3v) is 3.99. The van der Waals surface area contributed by atoms with Crippen LogP contribution in [0.15, 0.2) is 16.9 Å². The maximum atomic E-state index is 12.5. The molecule has 1 heterocycles. The number of aromatic nitrogens is 2. The van der Waals surface area contributed by atoms with Gasteiger partial charge in [0.25, 0.3) is 0 Å². The van der Waals surface area contributed by atoms with Crippen LogP contribution < -0.4 is 11.4 Å². The molecule has 1 aromatic heterocycles. The van der Waals surface area contributed by atoms with Gasteiger partial charge in [-0.2, -0.15) is 0 Å². The van der Waals surface area contributed by atoms with Crippen molar-refractivity contribution in [2.24, 2.45) is 5.92 Å². The van der Waals surface area contributed by atoms with E-state index >= 15 is 0 Å². The van der Waals surface area contributed by atoms with Gasteiger partial charge in [-0.3, -0.25) is 4.79 Å². The molecule has 0 aliphatic heterocycles. The second-order valence-electron chi connectivity index (χ2n) is 5.31. The monoisotopic (exact) mass is 259 g/mol. The van der Waals surface area contributed by atoms with E-state index in [1.54, 1.807) is 12.1 Å². The molecule has 0 radical (unpaired) electrons. The molecular weight excluding hydrogens is 242 g/mol. The number of carbonyl (C=O) groups is 1. The van der Waals surface area contributed by atoms with Gasteiger partial charge in [0.1, 0.15) is 0 Å². The number of H-pyrrole nitrogens is 1. The number of carbonyl (C=O) groups excluding carboxylic acids is 1. The van der Waals surface area contributed by atoms with Crippen molar-refractivity contribution in [3.05, 3.63) is 28.2 Å². The van der Waals surface area contributed by atoms with Crippen LogP contribution in [0.4, 0.5) is 5.69 Å². The molecule has 1 aliphatic rings. The fraction of sp³-hybridized carbons (Fsp3) is 0.429. The van der Waals surface area contributed by atoms with E-state index in [0.717, 1.165) is 31.2 Å². The fourth-order valence-corrected chi connectivity index (χ4v) is 2.85. The Labute approximate surface area is 110 Å². The average Bonchev–Trinajstić information content (AvgIpc) is 2.97. The van der Waals surface area contributed by atoms with Crippen LogP contribution in [0.3, 0.4) is 0 Å². The maximum Gasteiger partial charge on any atom is 0.333 e. The van der Waals surface area contributed by atoms with E-state index < -0.39 is 0 Å². The second kappa shape index (κ2) is 4.26. The number of hydrogen-bond acceptors (Lipinski definition) is 3. The Balaban J connectivity index is 2.17. The summed E-state index contributed by atoms with van der Waals surface area (Å²) in [6, 6.07) is 3.51. The first kappa shape index (κ1) is 12.0. The van der Waals surface area contributed by atoms with Crippen molar-refractivity contribution in [2.75, 3.05) is 5.73 Å². The van der Waals surface area contributed by atoms with Crippen LogP contribution >= 0.6 is 0 Å². The van der Waals surface area contributed by atoms with E-state index in [1.165, 1.54) is 4.57 Å². The number of nitrogens with one attached hydrogen (secondary N) is 1. The van der Waals surface area contributed by atoms with Crippen LogP contribution in [0.25, 0.3) is 11.0 Å². The Morgan fingerprint density at radius 1 is 1.37 bits per heavy atom. The van der Waals surface area contributed by atoms with Crippen LogP contribution in [0.1, 0.15) is 36.0 Å². The van der Waals surface area contributed by atoms with Gasteiger partial charge in [0.15, 0.2) is 0 Å². The van der Waals surface area contributed by atoms with Gasteiger partial charge >= 0.3 is 5.69 Å². The molecule has 5 heteroatoms. The molecule has 0 bridgehead atoms. The lowest BCUT2D eigenvalue weighted by molar-refractivity contribution is 0.0838. The topological polar surface area (TPSA) is 80.9 Å².